The molecule has 1 N–H and O–H groups in total. The molecule has 0 aromatic rings. The molecule has 0 rings (SSSR count). The number of hydrogen-bond acceptors (Lipinski definition) is 7. The monoisotopic (exact) mass is 889 g/mol. The predicted octanol–water partition coefficient (Wildman–Crippen LogP) is 15.5. The van der Waals surface area contributed by atoms with E-state index in [0.29, 0.717) is 17.4 Å². The predicted molar refractivity (Wildman–Crippen MR) is 257 cm³/mol. The summed E-state index contributed by atoms with van der Waals surface area (Å²) in [4.78, 5) is 35.5. The highest BCUT2D eigenvalue weighted by molar-refractivity contribution is 7.47. The fourth-order valence-corrected chi connectivity index (χ4v) is 8.52. The number of esters is 2. The molecular weight excluding hydrogens is 786 g/mol. The Bertz CT molecular complexity index is 1010. The zero-order chi connectivity index (χ0) is 45.0. The summed E-state index contributed by atoms with van der Waals surface area (Å²) in [5.41, 5.74) is 0. The molecule has 0 spiro atoms. The van der Waals surface area contributed by atoms with Gasteiger partial charge in [0, 0.05) is 12.8 Å². The first-order valence-corrected chi connectivity index (χ1v) is 27.8. The number of unbranched alkanes of at least 4 members (excludes halogenated alkanes) is 35. The van der Waals surface area contributed by atoms with Crippen LogP contribution in [-0.4, -0.2) is 74.9 Å². The minimum absolute atomic E-state index is 0.0372. The molecule has 0 saturated carbocycles. The van der Waals surface area contributed by atoms with Gasteiger partial charge in [0.2, 0.25) is 0 Å². The van der Waals surface area contributed by atoms with E-state index in [0.717, 1.165) is 38.5 Å². The largest absolute Gasteiger partial charge is 0.472 e. The molecule has 0 aromatic carbocycles. The first-order valence-electron chi connectivity index (χ1n) is 26.3. The molecule has 61 heavy (non-hydrogen) atoms. The van der Waals surface area contributed by atoms with Gasteiger partial charge in [-0.3, -0.25) is 18.6 Å². The molecule has 0 radical (unpaired) electrons. The van der Waals surface area contributed by atoms with Crippen LogP contribution in [0.25, 0.3) is 0 Å². The van der Waals surface area contributed by atoms with Crippen LogP contribution in [0, 0.1) is 0 Å². The lowest BCUT2D eigenvalue weighted by Gasteiger charge is -2.24. The Balaban J connectivity index is 4.15. The van der Waals surface area contributed by atoms with Gasteiger partial charge in [0.1, 0.15) is 19.8 Å². The fraction of sp³-hybridized carbons (Fsp3) is 0.961. The van der Waals surface area contributed by atoms with Crippen molar-refractivity contribution in [2.45, 2.75) is 270 Å². The van der Waals surface area contributed by atoms with E-state index in [9.17, 15) is 19.0 Å². The van der Waals surface area contributed by atoms with Crippen LogP contribution in [0.15, 0.2) is 0 Å². The highest BCUT2D eigenvalue weighted by Gasteiger charge is 2.27. The molecular formula is C51H103NO8P+. The van der Waals surface area contributed by atoms with Crippen molar-refractivity contribution in [3.8, 4) is 0 Å². The average molecular weight is 889 g/mol. The van der Waals surface area contributed by atoms with Crippen molar-refractivity contribution in [1.29, 1.82) is 0 Å². The second kappa shape index (κ2) is 44.2. The summed E-state index contributed by atoms with van der Waals surface area (Å²) < 4.78 is 34.5. The number of carbonyl (C=O) groups is 2. The third kappa shape index (κ3) is 48.3. The number of rotatable bonds is 49. The highest BCUT2D eigenvalue weighted by atomic mass is 31.2. The molecule has 0 aliphatic rings. The van der Waals surface area contributed by atoms with Crippen LogP contribution in [-0.2, 0) is 32.7 Å². The van der Waals surface area contributed by atoms with Crippen molar-refractivity contribution in [2.24, 2.45) is 0 Å². The van der Waals surface area contributed by atoms with Crippen molar-refractivity contribution in [1.82, 2.24) is 0 Å². The first-order chi connectivity index (χ1) is 29.5. The number of hydrogen-bond donors (Lipinski definition) is 1. The van der Waals surface area contributed by atoms with Gasteiger partial charge < -0.3 is 18.9 Å². The fourth-order valence-electron chi connectivity index (χ4n) is 7.78. The van der Waals surface area contributed by atoms with Crippen molar-refractivity contribution in [2.75, 3.05) is 47.5 Å². The van der Waals surface area contributed by atoms with Gasteiger partial charge in [-0.05, 0) is 12.8 Å². The molecule has 0 aliphatic heterocycles. The third-order valence-corrected chi connectivity index (χ3v) is 12.9. The van der Waals surface area contributed by atoms with Gasteiger partial charge in [0.25, 0.3) is 0 Å². The van der Waals surface area contributed by atoms with Crippen molar-refractivity contribution < 1.29 is 42.1 Å². The maximum atomic E-state index is 12.7. The Labute approximate surface area is 378 Å². The highest BCUT2D eigenvalue weighted by Crippen LogP contribution is 2.43. The maximum absolute atomic E-state index is 12.7. The molecule has 0 bridgehead atoms. The maximum Gasteiger partial charge on any atom is 0.472 e. The van der Waals surface area contributed by atoms with Crippen LogP contribution in [0.5, 0.6) is 0 Å². The van der Waals surface area contributed by atoms with Gasteiger partial charge in [-0.2, -0.15) is 0 Å². The summed E-state index contributed by atoms with van der Waals surface area (Å²) in [6.45, 7) is 4.49. The lowest BCUT2D eigenvalue weighted by Crippen LogP contribution is -2.37. The zero-order valence-electron chi connectivity index (χ0n) is 41.2. The van der Waals surface area contributed by atoms with Crippen molar-refractivity contribution in [3.63, 3.8) is 0 Å². The third-order valence-electron chi connectivity index (χ3n) is 11.9. The second-order valence-electron chi connectivity index (χ2n) is 19.3. The van der Waals surface area contributed by atoms with Crippen LogP contribution in [0.2, 0.25) is 0 Å². The minimum atomic E-state index is -4.37. The number of carbonyl (C=O) groups excluding carboxylic acids is 2. The number of likely N-dealkylation sites (N-methyl/N-ethyl adjacent to an activating group) is 1. The van der Waals surface area contributed by atoms with Crippen LogP contribution in [0.3, 0.4) is 0 Å². The molecule has 2 unspecified atom stereocenters. The van der Waals surface area contributed by atoms with Gasteiger partial charge in [-0.25, -0.2) is 4.57 Å². The summed E-state index contributed by atoms with van der Waals surface area (Å²) in [6.07, 6.45) is 47.3. The van der Waals surface area contributed by atoms with Gasteiger partial charge >= 0.3 is 19.8 Å². The van der Waals surface area contributed by atoms with Gasteiger partial charge in [0.05, 0.1) is 27.7 Å². The quantitative estimate of drug-likeness (QED) is 0.0278. The molecule has 0 heterocycles. The summed E-state index contributed by atoms with van der Waals surface area (Å²) in [6, 6.07) is 0. The van der Waals surface area contributed by atoms with Gasteiger partial charge in [-0.1, -0.05) is 239 Å². The lowest BCUT2D eigenvalue weighted by molar-refractivity contribution is -0.870. The van der Waals surface area contributed by atoms with Crippen LogP contribution < -0.4 is 0 Å². The zero-order valence-corrected chi connectivity index (χ0v) is 42.1. The van der Waals surface area contributed by atoms with E-state index in [1.54, 1.807) is 0 Å². The molecule has 10 heteroatoms. The van der Waals surface area contributed by atoms with Gasteiger partial charge in [-0.15, -0.1) is 0 Å². The summed E-state index contributed by atoms with van der Waals surface area (Å²) in [5.74, 6) is -0.777. The number of phosphoric ester groups is 1. The van der Waals surface area contributed by atoms with Crippen molar-refractivity contribution in [3.05, 3.63) is 0 Å². The lowest BCUT2D eigenvalue weighted by atomic mass is 10.0. The van der Waals surface area contributed by atoms with E-state index in [-0.39, 0.29) is 25.6 Å². The number of phosphoric acid groups is 1. The molecule has 0 fully saturated rings. The Hall–Kier alpha value is -0.990. The van der Waals surface area contributed by atoms with Crippen LogP contribution in [0.1, 0.15) is 264 Å². The van der Waals surface area contributed by atoms with Crippen LogP contribution in [0.4, 0.5) is 0 Å². The average Bonchev–Trinajstić information content (AvgIpc) is 3.21. The van der Waals surface area contributed by atoms with E-state index >= 15 is 0 Å². The Morgan fingerprint density at radius 1 is 0.443 bits per heavy atom. The normalized spacial score (nSPS) is 13.3. The Morgan fingerprint density at radius 2 is 0.738 bits per heavy atom. The summed E-state index contributed by atoms with van der Waals surface area (Å²) in [5, 5.41) is 0. The number of nitrogens with zero attached hydrogens (tertiary/aromatic N) is 1. The first kappa shape index (κ1) is 60.0. The standard InChI is InChI=1S/C51H102NO8P/c1-6-8-10-12-14-16-18-20-22-23-24-25-26-27-28-30-31-33-35-37-39-41-43-50(53)57-47-49(48-59-61(55,56)58-46-45-52(3,4)5)60-51(54)44-42-40-38-36-34-32-29-21-19-17-15-13-11-9-7-2/h49H,6-48H2,1-5H3/p+1. The van der Waals surface area contributed by atoms with Crippen molar-refractivity contribution >= 4 is 19.8 Å². The molecule has 0 saturated heterocycles. The molecule has 0 aromatic heterocycles. The summed E-state index contributed by atoms with van der Waals surface area (Å²) >= 11 is 0. The second-order valence-corrected chi connectivity index (χ2v) is 20.7. The molecule has 0 amide bonds. The molecule has 0 aliphatic carbocycles. The Kier molecular flexibility index (Phi) is 43.5. The summed E-state index contributed by atoms with van der Waals surface area (Å²) in [7, 11) is 1.50. The van der Waals surface area contributed by atoms with E-state index < -0.39 is 26.5 Å². The number of ether oxygens (including phenoxy) is 2. The van der Waals surface area contributed by atoms with Gasteiger partial charge in [0.15, 0.2) is 6.10 Å². The molecule has 364 valence electrons. The smallest absolute Gasteiger partial charge is 0.462 e. The van der Waals surface area contributed by atoms with E-state index in [4.69, 9.17) is 18.5 Å². The topological polar surface area (TPSA) is 108 Å². The Morgan fingerprint density at radius 3 is 1.05 bits per heavy atom. The molecule has 9 nitrogen and oxygen atoms in total. The number of quaternary nitrogens is 1. The molecule has 2 atom stereocenters. The SMILES string of the molecule is CCCCCCCCCCCCCCCCCCCCCCCCC(=O)OCC(COP(=O)(O)OCC[N+](C)(C)C)OC(=O)CCCCCCCCCCCCCCCCC. The minimum Gasteiger partial charge on any atom is -0.462 e. The van der Waals surface area contributed by atoms with Crippen LogP contribution >= 0.6 is 7.82 Å². The van der Waals surface area contributed by atoms with E-state index in [1.807, 2.05) is 21.1 Å². The van der Waals surface area contributed by atoms with E-state index in [1.165, 1.54) is 199 Å². The van der Waals surface area contributed by atoms with E-state index in [2.05, 4.69) is 13.8 Å².